The van der Waals surface area contributed by atoms with Crippen LogP contribution in [0.5, 0.6) is 0 Å². The number of esters is 2. The molecule has 6 aliphatic rings. The second-order valence-electron chi connectivity index (χ2n) is 8.31. The normalized spacial score (nSPS) is 57.6. The fourth-order valence-electron chi connectivity index (χ4n) is 6.58. The molecule has 10 atom stereocenters. The zero-order valence-corrected chi connectivity index (χ0v) is 13.7. The van der Waals surface area contributed by atoms with Crippen LogP contribution in [0.25, 0.3) is 0 Å². The lowest BCUT2D eigenvalue weighted by Gasteiger charge is -2.29. The summed E-state index contributed by atoms with van der Waals surface area (Å²) in [5.41, 5.74) is 0. The Morgan fingerprint density at radius 2 is 1.88 bits per heavy atom. The van der Waals surface area contributed by atoms with Gasteiger partial charge in [-0.05, 0) is 31.6 Å². The van der Waals surface area contributed by atoms with Crippen molar-refractivity contribution in [2.45, 2.75) is 49.2 Å². The van der Waals surface area contributed by atoms with E-state index in [0.717, 1.165) is 19.3 Å². The van der Waals surface area contributed by atoms with Gasteiger partial charge in [-0.1, -0.05) is 0 Å². The number of hydrogen-bond donors (Lipinski definition) is 0. The molecule has 130 valence electrons. The minimum atomic E-state index is -3.51. The number of carbonyl (C=O) groups excluding carboxylic acids is 2. The highest BCUT2D eigenvalue weighted by Gasteiger charge is 2.67. The lowest BCUT2D eigenvalue weighted by molar-refractivity contribution is -0.166. The molecule has 8 heteroatoms. The van der Waals surface area contributed by atoms with E-state index in [1.165, 1.54) is 0 Å². The number of ether oxygens (including phenoxy) is 2. The summed E-state index contributed by atoms with van der Waals surface area (Å²) in [7, 11) is -3.51. The standard InChI is InChI=1S/C16H18O7S/c17-15(11-5-1-7-9(3-5)21-16(18)12(7)11)22-13-6-2-8-10(4-6)24(19,20)23-14(8)13/h5-14H,1-4H2. The molecule has 2 aliphatic heterocycles. The maximum Gasteiger partial charge on any atom is 0.310 e. The zero-order valence-electron chi connectivity index (χ0n) is 12.9. The monoisotopic (exact) mass is 354 g/mol. The van der Waals surface area contributed by atoms with E-state index in [2.05, 4.69) is 0 Å². The van der Waals surface area contributed by atoms with Crippen LogP contribution in [0.4, 0.5) is 0 Å². The first-order chi connectivity index (χ1) is 11.4. The van der Waals surface area contributed by atoms with Crippen molar-refractivity contribution >= 4 is 22.1 Å². The third-order valence-electron chi connectivity index (χ3n) is 7.42. The topological polar surface area (TPSA) is 96.0 Å². The van der Waals surface area contributed by atoms with Gasteiger partial charge in [0.15, 0.2) is 0 Å². The molecular weight excluding hydrogens is 336 g/mol. The molecule has 6 fully saturated rings. The third-order valence-corrected chi connectivity index (χ3v) is 9.20. The summed E-state index contributed by atoms with van der Waals surface area (Å²) in [6.45, 7) is 0. The summed E-state index contributed by atoms with van der Waals surface area (Å²) in [4.78, 5) is 24.9. The number of fused-ring (bicyclic) bond motifs is 2. The maximum atomic E-state index is 12.8. The Hall–Kier alpha value is -1.15. The largest absolute Gasteiger partial charge is 0.462 e. The van der Waals surface area contributed by atoms with Gasteiger partial charge in [-0.2, -0.15) is 8.42 Å². The molecule has 0 amide bonds. The number of carbonyl (C=O) groups is 2. The van der Waals surface area contributed by atoms with Gasteiger partial charge in [-0.15, -0.1) is 0 Å². The fourth-order valence-corrected chi connectivity index (χ4v) is 8.46. The van der Waals surface area contributed by atoms with E-state index in [1.54, 1.807) is 0 Å². The van der Waals surface area contributed by atoms with E-state index in [0.29, 0.717) is 6.42 Å². The van der Waals surface area contributed by atoms with Crippen molar-refractivity contribution in [3.05, 3.63) is 0 Å². The molecule has 7 nitrogen and oxygen atoms in total. The van der Waals surface area contributed by atoms with Crippen LogP contribution in [0.3, 0.4) is 0 Å². The molecule has 6 rings (SSSR count). The van der Waals surface area contributed by atoms with Crippen molar-refractivity contribution in [2.24, 2.45) is 35.5 Å². The first-order valence-electron chi connectivity index (χ1n) is 8.77. The van der Waals surface area contributed by atoms with Crippen molar-refractivity contribution in [1.82, 2.24) is 0 Å². The first-order valence-corrected chi connectivity index (χ1v) is 10.2. The quantitative estimate of drug-likeness (QED) is 0.517. The summed E-state index contributed by atoms with van der Waals surface area (Å²) in [5, 5.41) is -0.421. The molecule has 10 unspecified atom stereocenters. The summed E-state index contributed by atoms with van der Waals surface area (Å²) < 4.78 is 40.4. The van der Waals surface area contributed by atoms with Gasteiger partial charge >= 0.3 is 11.9 Å². The molecule has 4 saturated carbocycles. The van der Waals surface area contributed by atoms with E-state index in [1.807, 2.05) is 0 Å². The van der Waals surface area contributed by atoms with Gasteiger partial charge in [-0.25, -0.2) is 0 Å². The first kappa shape index (κ1) is 14.1. The van der Waals surface area contributed by atoms with Crippen LogP contribution in [0.15, 0.2) is 0 Å². The van der Waals surface area contributed by atoms with Crippen LogP contribution in [-0.4, -0.2) is 43.9 Å². The summed E-state index contributed by atoms with van der Waals surface area (Å²) in [5.74, 6) is -1.07. The third kappa shape index (κ3) is 1.51. The molecule has 4 aliphatic carbocycles. The van der Waals surface area contributed by atoms with Gasteiger partial charge in [0.1, 0.15) is 18.3 Å². The maximum absolute atomic E-state index is 12.8. The van der Waals surface area contributed by atoms with Crippen molar-refractivity contribution in [1.29, 1.82) is 0 Å². The predicted molar refractivity (Wildman–Crippen MR) is 76.7 cm³/mol. The summed E-state index contributed by atoms with van der Waals surface area (Å²) in [6.07, 6.45) is 1.85. The second-order valence-corrected chi connectivity index (χ2v) is 10.1. The lowest BCUT2D eigenvalue weighted by atomic mass is 9.80. The average Bonchev–Trinajstić information content (AvgIpc) is 3.26. The Morgan fingerprint density at radius 1 is 1.08 bits per heavy atom. The highest BCUT2D eigenvalue weighted by Crippen LogP contribution is 2.59. The van der Waals surface area contributed by atoms with E-state index in [4.69, 9.17) is 13.7 Å². The average molecular weight is 354 g/mol. The Kier molecular flexibility index (Phi) is 2.43. The van der Waals surface area contributed by atoms with Gasteiger partial charge in [0.25, 0.3) is 10.1 Å². The van der Waals surface area contributed by atoms with Gasteiger partial charge < -0.3 is 9.47 Å². The van der Waals surface area contributed by atoms with Crippen LogP contribution in [0.2, 0.25) is 0 Å². The van der Waals surface area contributed by atoms with E-state index in [-0.39, 0.29) is 47.6 Å². The fraction of sp³-hybridized carbons (Fsp3) is 0.875. The molecule has 0 spiro atoms. The second kappa shape index (κ2) is 4.15. The minimum absolute atomic E-state index is 0.0110. The number of hydrogen-bond acceptors (Lipinski definition) is 7. The van der Waals surface area contributed by atoms with Crippen molar-refractivity contribution < 1.29 is 31.7 Å². The van der Waals surface area contributed by atoms with Crippen molar-refractivity contribution in [3.8, 4) is 0 Å². The Morgan fingerprint density at radius 3 is 2.71 bits per heavy atom. The van der Waals surface area contributed by atoms with Crippen molar-refractivity contribution in [2.75, 3.05) is 0 Å². The van der Waals surface area contributed by atoms with Crippen LogP contribution in [0.1, 0.15) is 25.7 Å². The number of rotatable bonds is 2. The smallest absolute Gasteiger partial charge is 0.310 e. The molecule has 0 N–H and O–H groups in total. The zero-order chi connectivity index (χ0) is 16.4. The Balaban J connectivity index is 1.25. The molecule has 0 aromatic carbocycles. The highest BCUT2D eigenvalue weighted by atomic mass is 32.2. The highest BCUT2D eigenvalue weighted by molar-refractivity contribution is 7.87. The summed E-state index contributed by atoms with van der Waals surface area (Å²) >= 11 is 0. The molecule has 2 saturated heterocycles. The SMILES string of the molecule is O=C(OC1C2CC3C1OS(=O)(=O)C3C2)C1C2CC3OC(=O)C1C3C2. The van der Waals surface area contributed by atoms with E-state index < -0.39 is 33.5 Å². The van der Waals surface area contributed by atoms with Gasteiger partial charge in [0, 0.05) is 17.8 Å². The Labute approximate surface area is 139 Å². The molecule has 4 bridgehead atoms. The van der Waals surface area contributed by atoms with Crippen LogP contribution in [-0.2, 0) is 33.4 Å². The van der Waals surface area contributed by atoms with E-state index >= 15 is 0 Å². The van der Waals surface area contributed by atoms with Crippen LogP contribution >= 0.6 is 0 Å². The Bertz CT molecular complexity index is 758. The van der Waals surface area contributed by atoms with Gasteiger partial charge in [0.2, 0.25) is 0 Å². The van der Waals surface area contributed by atoms with Gasteiger partial charge in [0.05, 0.1) is 17.1 Å². The molecule has 0 aromatic rings. The van der Waals surface area contributed by atoms with Crippen molar-refractivity contribution in [3.63, 3.8) is 0 Å². The molecule has 0 aromatic heterocycles. The molecule has 24 heavy (non-hydrogen) atoms. The summed E-state index contributed by atoms with van der Waals surface area (Å²) in [6, 6.07) is 0. The van der Waals surface area contributed by atoms with Crippen LogP contribution in [0, 0.1) is 35.5 Å². The predicted octanol–water partition coefficient (Wildman–Crippen LogP) is 0.233. The molecule has 2 heterocycles. The van der Waals surface area contributed by atoms with Gasteiger partial charge in [-0.3, -0.25) is 13.8 Å². The molecule has 0 radical (unpaired) electrons. The lowest BCUT2D eigenvalue weighted by Crippen LogP contribution is -2.41. The molecular formula is C16H18O7S. The van der Waals surface area contributed by atoms with Crippen LogP contribution < -0.4 is 0 Å². The van der Waals surface area contributed by atoms with E-state index in [9.17, 15) is 18.0 Å². The minimum Gasteiger partial charge on any atom is -0.462 e.